The number of anilines is 1. The summed E-state index contributed by atoms with van der Waals surface area (Å²) in [6, 6.07) is 16.6. The lowest BCUT2D eigenvalue weighted by molar-refractivity contribution is -0.166. The van der Waals surface area contributed by atoms with Gasteiger partial charge in [0.15, 0.2) is 0 Å². The molecule has 8 rings (SSSR count). The zero-order valence-corrected chi connectivity index (χ0v) is 38.1. The topological polar surface area (TPSA) is 145 Å². The number of carboxylic acid groups (broad SMARTS) is 1. The average Bonchev–Trinajstić information content (AvgIpc) is 3.73. The van der Waals surface area contributed by atoms with Crippen molar-refractivity contribution >= 4 is 50.7 Å². The van der Waals surface area contributed by atoms with Gasteiger partial charge in [0.05, 0.1) is 39.7 Å². The predicted molar refractivity (Wildman–Crippen MR) is 245 cm³/mol. The average molecular weight is 932 g/mol. The number of ether oxygens (including phenoxy) is 5. The Morgan fingerprint density at radius 1 is 1.00 bits per heavy atom. The minimum Gasteiger partial charge on any atom is -0.497 e. The molecule has 1 N–H and O–H groups in total. The molecule has 0 saturated carbocycles. The van der Waals surface area contributed by atoms with Gasteiger partial charge in [0.2, 0.25) is 17.9 Å². The van der Waals surface area contributed by atoms with Crippen molar-refractivity contribution in [3.8, 4) is 28.6 Å². The first-order valence-electron chi connectivity index (χ1n) is 21.7. The van der Waals surface area contributed by atoms with Crippen LogP contribution in [0.5, 0.6) is 17.4 Å². The normalized spacial score (nSPS) is 17.2. The SMILES string of the molecule is COc1cccc(-c2ncc3snc(O[C@H](Cc4ccccc4OCc4ccnc(N5CCC(OC(F)F)CC5)n4)C(=O)O)c3c2C2=C(C)C(Cl)=C(OCCN3CCN(C)CC3)CC2)c1. The second kappa shape index (κ2) is 21.2. The Morgan fingerprint density at radius 2 is 1.80 bits per heavy atom. The number of alkyl halides is 2. The number of nitrogens with zero attached hydrogens (tertiary/aromatic N) is 7. The summed E-state index contributed by atoms with van der Waals surface area (Å²) in [6.45, 7) is 5.62. The highest BCUT2D eigenvalue weighted by molar-refractivity contribution is 7.13. The van der Waals surface area contributed by atoms with Crippen molar-refractivity contribution in [1.82, 2.24) is 29.1 Å². The Balaban J connectivity index is 1.04. The molecule has 344 valence electrons. The maximum absolute atomic E-state index is 13.1. The van der Waals surface area contributed by atoms with E-state index < -0.39 is 24.8 Å². The molecule has 0 bridgehead atoms. The third-order valence-electron chi connectivity index (χ3n) is 12.0. The summed E-state index contributed by atoms with van der Waals surface area (Å²) < 4.78 is 60.2. The van der Waals surface area contributed by atoms with Gasteiger partial charge < -0.3 is 38.6 Å². The fraction of sp³-hybridized carbons (Fsp3) is 0.426. The number of piperidine rings is 1. The zero-order valence-electron chi connectivity index (χ0n) is 36.6. The minimum atomic E-state index is -2.80. The van der Waals surface area contributed by atoms with E-state index in [4.69, 9.17) is 44.6 Å². The Bertz CT molecular complexity index is 2530. The van der Waals surface area contributed by atoms with E-state index in [1.807, 2.05) is 48.2 Å². The van der Waals surface area contributed by atoms with Crippen molar-refractivity contribution in [3.05, 3.63) is 100 Å². The van der Waals surface area contributed by atoms with Crippen LogP contribution >= 0.6 is 23.1 Å². The molecule has 0 radical (unpaired) electrons. The molecule has 0 unspecified atom stereocenters. The number of aromatic nitrogens is 4. The van der Waals surface area contributed by atoms with Gasteiger partial charge in [-0.15, -0.1) is 0 Å². The number of likely N-dealkylation sites (N-methyl/N-ethyl adjacent to an activating group) is 1. The van der Waals surface area contributed by atoms with Crippen LogP contribution in [0.2, 0.25) is 0 Å². The second-order valence-corrected chi connectivity index (χ2v) is 17.4. The number of carboxylic acids is 1. The lowest BCUT2D eigenvalue weighted by Gasteiger charge is -2.32. The fourth-order valence-electron chi connectivity index (χ4n) is 8.40. The van der Waals surface area contributed by atoms with Crippen LogP contribution in [0.1, 0.15) is 49.4 Å². The van der Waals surface area contributed by atoms with Gasteiger partial charge in [-0.05, 0) is 85.7 Å². The van der Waals surface area contributed by atoms with Crippen LogP contribution in [0.15, 0.2) is 83.4 Å². The predicted octanol–water partition coefficient (Wildman–Crippen LogP) is 8.30. The van der Waals surface area contributed by atoms with E-state index in [9.17, 15) is 18.7 Å². The van der Waals surface area contributed by atoms with E-state index in [1.54, 1.807) is 37.7 Å². The first-order chi connectivity index (χ1) is 31.5. The molecule has 3 aromatic heterocycles. The van der Waals surface area contributed by atoms with Gasteiger partial charge in [-0.2, -0.15) is 13.2 Å². The molecule has 14 nitrogen and oxygen atoms in total. The number of rotatable bonds is 18. The van der Waals surface area contributed by atoms with Gasteiger partial charge in [0.25, 0.3) is 0 Å². The Kier molecular flexibility index (Phi) is 15.1. The van der Waals surface area contributed by atoms with Crippen molar-refractivity contribution in [1.29, 1.82) is 0 Å². The van der Waals surface area contributed by atoms with Gasteiger partial charge in [0, 0.05) is 82.2 Å². The largest absolute Gasteiger partial charge is 0.497 e. The van der Waals surface area contributed by atoms with E-state index in [2.05, 4.69) is 26.8 Å². The molecule has 3 aliphatic rings. The summed E-state index contributed by atoms with van der Waals surface area (Å²) in [5.41, 5.74) is 5.19. The van der Waals surface area contributed by atoms with Crippen LogP contribution in [0.25, 0.3) is 26.9 Å². The Morgan fingerprint density at radius 3 is 2.57 bits per heavy atom. The number of halogens is 3. The zero-order chi connectivity index (χ0) is 45.5. The van der Waals surface area contributed by atoms with E-state index in [0.29, 0.717) is 90.2 Å². The third-order valence-corrected chi connectivity index (χ3v) is 13.3. The molecule has 2 aromatic carbocycles. The van der Waals surface area contributed by atoms with Crippen molar-refractivity contribution in [2.75, 3.05) is 71.5 Å². The lowest BCUT2D eigenvalue weighted by Crippen LogP contribution is -2.45. The molecule has 2 saturated heterocycles. The molecular formula is C47H52ClF2N7O7S. The van der Waals surface area contributed by atoms with E-state index in [0.717, 1.165) is 65.5 Å². The molecule has 18 heteroatoms. The molecule has 1 aliphatic carbocycles. The van der Waals surface area contributed by atoms with E-state index in [-0.39, 0.29) is 18.9 Å². The summed E-state index contributed by atoms with van der Waals surface area (Å²) >= 11 is 8.34. The van der Waals surface area contributed by atoms with Crippen LogP contribution in [-0.2, 0) is 27.3 Å². The number of methoxy groups -OCH3 is 1. The number of aliphatic carboxylic acids is 1. The van der Waals surface area contributed by atoms with Crippen molar-refractivity contribution in [2.45, 2.75) is 64.5 Å². The lowest BCUT2D eigenvalue weighted by atomic mass is 9.87. The standard InChI is InChI=1S/C47H52ClF2N7O7S/c1-29-35(11-12-37(42(29)48)61-24-23-56-21-19-55(2)20-22-56)40-41-39(27-52-43(40)31-8-6-9-34(25-31)60-3)65-54-44(41)64-38(45(58)59)26-30-7-4-5-10-36(30)62-28-32-13-16-51-47(53-32)57-17-14-33(15-18-57)63-46(49)50/h4-10,13,16,25,27,33,38,46H,11-12,14-15,17-24,26,28H2,1-3H3,(H,58,59)/t38-/m1/s1. The first kappa shape index (κ1) is 46.1. The number of hydrogen-bond acceptors (Lipinski definition) is 14. The second-order valence-electron chi connectivity index (χ2n) is 16.3. The molecule has 1 atom stereocenters. The maximum atomic E-state index is 13.1. The molecule has 2 fully saturated rings. The highest BCUT2D eigenvalue weighted by atomic mass is 35.5. The molecule has 2 aliphatic heterocycles. The van der Waals surface area contributed by atoms with E-state index >= 15 is 0 Å². The maximum Gasteiger partial charge on any atom is 0.345 e. The third kappa shape index (κ3) is 11.2. The van der Waals surface area contributed by atoms with Crippen LogP contribution < -0.4 is 19.1 Å². The van der Waals surface area contributed by atoms with Crippen LogP contribution in [0.3, 0.4) is 0 Å². The number of allylic oxidation sites excluding steroid dienone is 4. The van der Waals surface area contributed by atoms with Crippen LogP contribution in [0.4, 0.5) is 14.7 Å². The first-order valence-corrected chi connectivity index (χ1v) is 22.9. The van der Waals surface area contributed by atoms with Crippen molar-refractivity contribution in [3.63, 3.8) is 0 Å². The van der Waals surface area contributed by atoms with Gasteiger partial charge in [-0.3, -0.25) is 9.88 Å². The van der Waals surface area contributed by atoms with Crippen LogP contribution in [-0.4, -0.2) is 126 Å². The highest BCUT2D eigenvalue weighted by Crippen LogP contribution is 2.47. The quantitative estimate of drug-likeness (QED) is 0.0900. The number of carbonyl (C=O) groups is 1. The Hall–Kier alpha value is -5.46. The molecule has 5 aromatic rings. The summed E-state index contributed by atoms with van der Waals surface area (Å²) in [7, 11) is 3.75. The van der Waals surface area contributed by atoms with Gasteiger partial charge in [-0.1, -0.05) is 41.9 Å². The summed E-state index contributed by atoms with van der Waals surface area (Å²) in [5, 5.41) is 11.8. The molecule has 0 spiro atoms. The Labute approximate surface area is 385 Å². The summed E-state index contributed by atoms with van der Waals surface area (Å²) in [5.74, 6) is 1.34. The smallest absolute Gasteiger partial charge is 0.345 e. The molecule has 65 heavy (non-hydrogen) atoms. The van der Waals surface area contributed by atoms with Gasteiger partial charge >= 0.3 is 12.6 Å². The fourth-order valence-corrected chi connectivity index (χ4v) is 9.36. The molecule has 0 amide bonds. The molecular weight excluding hydrogens is 880 g/mol. The number of piperazine rings is 1. The number of para-hydroxylation sites is 1. The van der Waals surface area contributed by atoms with Gasteiger partial charge in [0.1, 0.15) is 30.5 Å². The molecule has 5 heterocycles. The van der Waals surface area contributed by atoms with Crippen molar-refractivity contribution in [2.24, 2.45) is 0 Å². The summed E-state index contributed by atoms with van der Waals surface area (Å²) in [6.07, 6.45) is 3.50. The van der Waals surface area contributed by atoms with Crippen LogP contribution in [0, 0.1) is 0 Å². The van der Waals surface area contributed by atoms with Gasteiger partial charge in [-0.25, -0.2) is 14.8 Å². The number of benzene rings is 2. The minimum absolute atomic E-state index is 0.0382. The van der Waals surface area contributed by atoms with E-state index in [1.165, 1.54) is 11.5 Å². The van der Waals surface area contributed by atoms with Crippen molar-refractivity contribution < 1.29 is 42.4 Å². The highest BCUT2D eigenvalue weighted by Gasteiger charge is 2.31. The number of pyridine rings is 1. The summed E-state index contributed by atoms with van der Waals surface area (Å²) in [4.78, 5) is 33.7. The number of hydrogen-bond donors (Lipinski definition) is 1. The monoisotopic (exact) mass is 931 g/mol. The number of fused-ring (bicyclic) bond motifs is 1.